The molecule has 4 rings (SSSR count). The lowest BCUT2D eigenvalue weighted by Crippen LogP contribution is -2.38. The molecular formula is C28H32ClN3O7S2. The molecule has 10 nitrogen and oxygen atoms in total. The van der Waals surface area contributed by atoms with Gasteiger partial charge in [-0.2, -0.15) is 4.31 Å². The van der Waals surface area contributed by atoms with Gasteiger partial charge in [-0.1, -0.05) is 30.2 Å². The van der Waals surface area contributed by atoms with Gasteiger partial charge >= 0.3 is 0 Å². The number of ether oxygens (including phenoxy) is 2. The summed E-state index contributed by atoms with van der Waals surface area (Å²) in [5.41, 5.74) is 0.255. The topological polar surface area (TPSA) is 122 Å². The predicted octanol–water partition coefficient (Wildman–Crippen LogP) is 4.76. The van der Waals surface area contributed by atoms with Crippen LogP contribution in [0.5, 0.6) is 11.5 Å². The van der Waals surface area contributed by atoms with Crippen LogP contribution >= 0.6 is 11.6 Å². The van der Waals surface area contributed by atoms with Gasteiger partial charge in [0, 0.05) is 18.1 Å². The van der Waals surface area contributed by atoms with Crippen molar-refractivity contribution in [2.45, 2.75) is 36.0 Å². The third kappa shape index (κ3) is 6.95. The molecule has 1 saturated heterocycles. The molecular weight excluding hydrogens is 590 g/mol. The Bertz CT molecular complexity index is 1590. The third-order valence-electron chi connectivity index (χ3n) is 6.52. The van der Waals surface area contributed by atoms with E-state index in [2.05, 4.69) is 5.32 Å². The molecule has 1 amide bonds. The molecule has 1 aliphatic heterocycles. The fourth-order valence-corrected chi connectivity index (χ4v) is 7.60. The van der Waals surface area contributed by atoms with Gasteiger partial charge in [0.05, 0.1) is 34.9 Å². The quantitative estimate of drug-likeness (QED) is 0.328. The number of sulfonamides is 2. The fourth-order valence-electron chi connectivity index (χ4n) is 4.49. The Morgan fingerprint density at radius 1 is 0.927 bits per heavy atom. The maximum absolute atomic E-state index is 13.8. The van der Waals surface area contributed by atoms with E-state index in [9.17, 15) is 21.6 Å². The smallest absolute Gasteiger partial charge is 0.264 e. The zero-order chi connectivity index (χ0) is 29.6. The van der Waals surface area contributed by atoms with E-state index in [4.69, 9.17) is 21.1 Å². The van der Waals surface area contributed by atoms with Crippen molar-refractivity contribution in [1.82, 2.24) is 4.31 Å². The van der Waals surface area contributed by atoms with Gasteiger partial charge in [0.2, 0.25) is 15.9 Å². The van der Waals surface area contributed by atoms with E-state index in [0.717, 1.165) is 23.6 Å². The molecule has 0 aromatic heterocycles. The van der Waals surface area contributed by atoms with E-state index in [1.165, 1.54) is 59.9 Å². The maximum Gasteiger partial charge on any atom is 0.264 e. The lowest BCUT2D eigenvalue weighted by molar-refractivity contribution is -0.114. The first-order valence-corrected chi connectivity index (χ1v) is 16.3. The molecule has 41 heavy (non-hydrogen) atoms. The van der Waals surface area contributed by atoms with E-state index < -0.39 is 32.5 Å². The van der Waals surface area contributed by atoms with Crippen LogP contribution in [-0.2, 0) is 24.8 Å². The monoisotopic (exact) mass is 621 g/mol. The normalized spacial score (nSPS) is 14.3. The number of nitrogens with one attached hydrogen (secondary N) is 1. The maximum atomic E-state index is 13.8. The second-order valence-corrected chi connectivity index (χ2v) is 13.5. The first-order chi connectivity index (χ1) is 19.6. The number of piperidine rings is 1. The highest BCUT2D eigenvalue weighted by Gasteiger charge is 2.31. The first-order valence-electron chi connectivity index (χ1n) is 13.1. The Balaban J connectivity index is 1.69. The molecule has 0 saturated carbocycles. The van der Waals surface area contributed by atoms with Crippen molar-refractivity contribution >= 4 is 48.9 Å². The minimum absolute atomic E-state index is 0.00262. The van der Waals surface area contributed by atoms with Crippen LogP contribution in [0.2, 0.25) is 5.02 Å². The van der Waals surface area contributed by atoms with Crippen molar-refractivity contribution in [1.29, 1.82) is 0 Å². The Hall–Kier alpha value is -3.32. The van der Waals surface area contributed by atoms with E-state index in [-0.39, 0.29) is 39.3 Å². The van der Waals surface area contributed by atoms with Crippen molar-refractivity contribution in [3.05, 3.63) is 71.8 Å². The summed E-state index contributed by atoms with van der Waals surface area (Å²) in [6.07, 6.45) is 2.53. The van der Waals surface area contributed by atoms with E-state index in [1.807, 2.05) is 0 Å². The SMILES string of the molecule is CCOc1ccccc1N(CC(=O)Nc1cc(S(=O)(=O)N2CCCCC2)ccc1OC)S(=O)(=O)c1ccc(Cl)cc1. The van der Waals surface area contributed by atoms with Crippen LogP contribution in [0.25, 0.3) is 0 Å². The second kappa shape index (κ2) is 13.1. The third-order valence-corrected chi connectivity index (χ3v) is 10.4. The van der Waals surface area contributed by atoms with Crippen LogP contribution in [0.3, 0.4) is 0 Å². The van der Waals surface area contributed by atoms with Crippen molar-refractivity contribution in [3.8, 4) is 11.5 Å². The molecule has 0 spiro atoms. The summed E-state index contributed by atoms with van der Waals surface area (Å²) < 4.78 is 67.5. The van der Waals surface area contributed by atoms with Crippen LogP contribution in [0.1, 0.15) is 26.2 Å². The number of hydrogen-bond acceptors (Lipinski definition) is 7. The molecule has 1 fully saturated rings. The number of carbonyl (C=O) groups excluding carboxylic acids is 1. The summed E-state index contributed by atoms with van der Waals surface area (Å²) in [7, 11) is -6.67. The average Bonchev–Trinajstić information content (AvgIpc) is 2.97. The number of hydrogen-bond donors (Lipinski definition) is 1. The summed E-state index contributed by atoms with van der Waals surface area (Å²) in [6.45, 7) is 2.24. The van der Waals surface area contributed by atoms with E-state index in [0.29, 0.717) is 18.1 Å². The van der Waals surface area contributed by atoms with Gasteiger partial charge in [0.25, 0.3) is 10.0 Å². The number of methoxy groups -OCH3 is 1. The Morgan fingerprint density at radius 2 is 1.59 bits per heavy atom. The van der Waals surface area contributed by atoms with Crippen molar-refractivity contribution in [2.24, 2.45) is 0 Å². The second-order valence-electron chi connectivity index (χ2n) is 9.24. The number of rotatable bonds is 11. The largest absolute Gasteiger partial charge is 0.495 e. The number of benzene rings is 3. The number of para-hydroxylation sites is 2. The molecule has 0 unspecified atom stereocenters. The summed E-state index contributed by atoms with van der Waals surface area (Å²) >= 11 is 5.97. The molecule has 1 N–H and O–H groups in total. The van der Waals surface area contributed by atoms with Crippen LogP contribution in [0.4, 0.5) is 11.4 Å². The average molecular weight is 622 g/mol. The molecule has 0 aliphatic carbocycles. The van der Waals surface area contributed by atoms with Crippen LogP contribution in [0.15, 0.2) is 76.5 Å². The highest BCUT2D eigenvalue weighted by Crippen LogP contribution is 2.34. The van der Waals surface area contributed by atoms with E-state index in [1.54, 1.807) is 25.1 Å². The zero-order valence-corrected chi connectivity index (χ0v) is 25.1. The summed E-state index contributed by atoms with van der Waals surface area (Å²) in [6, 6.07) is 16.3. The number of carbonyl (C=O) groups is 1. The van der Waals surface area contributed by atoms with Gasteiger partial charge in [-0.15, -0.1) is 0 Å². The lowest BCUT2D eigenvalue weighted by atomic mass is 10.2. The molecule has 220 valence electrons. The minimum Gasteiger partial charge on any atom is -0.495 e. The minimum atomic E-state index is -4.26. The van der Waals surface area contributed by atoms with Gasteiger partial charge in [-0.25, -0.2) is 16.8 Å². The van der Waals surface area contributed by atoms with Gasteiger partial charge in [0.15, 0.2) is 0 Å². The molecule has 0 atom stereocenters. The van der Waals surface area contributed by atoms with Gasteiger partial charge in [-0.05, 0) is 74.4 Å². The van der Waals surface area contributed by atoms with Crippen molar-refractivity contribution in [3.63, 3.8) is 0 Å². The first kappa shape index (κ1) is 30.6. The standard InChI is InChI=1S/C28H32ClN3O7S2/c1-3-39-27-10-6-5-9-25(27)32(41(36,37)22-13-11-21(29)12-14-22)20-28(33)30-24-19-23(15-16-26(24)38-2)40(34,35)31-17-7-4-8-18-31/h5-6,9-16,19H,3-4,7-8,17-18,20H2,1-2H3,(H,30,33). The van der Waals surface area contributed by atoms with Crippen LogP contribution < -0.4 is 19.1 Å². The highest BCUT2D eigenvalue weighted by atomic mass is 35.5. The lowest BCUT2D eigenvalue weighted by Gasteiger charge is -2.27. The van der Waals surface area contributed by atoms with Crippen molar-refractivity contribution in [2.75, 3.05) is 43.0 Å². The molecule has 1 heterocycles. The van der Waals surface area contributed by atoms with Gasteiger partial charge in [0.1, 0.15) is 18.0 Å². The van der Waals surface area contributed by atoms with Crippen molar-refractivity contribution < 1.29 is 31.1 Å². The fraction of sp³-hybridized carbons (Fsp3) is 0.321. The zero-order valence-electron chi connectivity index (χ0n) is 22.7. The van der Waals surface area contributed by atoms with Gasteiger partial charge in [-0.3, -0.25) is 9.10 Å². The Kier molecular flexibility index (Phi) is 9.80. The molecule has 3 aromatic rings. The molecule has 3 aromatic carbocycles. The summed E-state index contributed by atoms with van der Waals surface area (Å²) in [5, 5.41) is 3.00. The number of halogens is 1. The number of nitrogens with zero attached hydrogens (tertiary/aromatic N) is 2. The summed E-state index contributed by atoms with van der Waals surface area (Å²) in [5.74, 6) is -0.232. The Labute approximate surface area is 245 Å². The van der Waals surface area contributed by atoms with Gasteiger partial charge < -0.3 is 14.8 Å². The summed E-state index contributed by atoms with van der Waals surface area (Å²) in [4.78, 5) is 13.4. The molecule has 0 bridgehead atoms. The van der Waals surface area contributed by atoms with E-state index >= 15 is 0 Å². The predicted molar refractivity (Wildman–Crippen MR) is 158 cm³/mol. The Morgan fingerprint density at radius 3 is 2.24 bits per heavy atom. The molecule has 13 heteroatoms. The van der Waals surface area contributed by atoms with Crippen LogP contribution in [-0.4, -0.2) is 60.4 Å². The number of anilines is 2. The molecule has 1 aliphatic rings. The molecule has 0 radical (unpaired) electrons. The highest BCUT2D eigenvalue weighted by molar-refractivity contribution is 7.93. The van der Waals surface area contributed by atoms with Crippen LogP contribution in [0, 0.1) is 0 Å². The number of amides is 1.